The zero-order valence-corrected chi connectivity index (χ0v) is 5.13. The Bertz CT molecular complexity index is 120. The van der Waals surface area contributed by atoms with Crippen molar-refractivity contribution in [2.45, 2.75) is 13.8 Å². The van der Waals surface area contributed by atoms with Gasteiger partial charge in [0, 0.05) is 5.71 Å². The quantitative estimate of drug-likeness (QED) is 0.291. The first-order chi connectivity index (χ1) is 3.77. The van der Waals surface area contributed by atoms with Crippen molar-refractivity contribution in [2.75, 3.05) is 0 Å². The van der Waals surface area contributed by atoms with Gasteiger partial charge >= 0.3 is 0 Å². The number of rotatable bonds is 2. The van der Waals surface area contributed by atoms with Gasteiger partial charge in [0.25, 0.3) is 0 Å². The maximum Gasteiger partial charge on any atom is 0.137 e. The summed E-state index contributed by atoms with van der Waals surface area (Å²) < 4.78 is 0. The third kappa shape index (κ3) is 5.01. The molecular formula is C5H9N3. The van der Waals surface area contributed by atoms with Crippen molar-refractivity contribution in [3.8, 4) is 0 Å². The van der Waals surface area contributed by atoms with Gasteiger partial charge in [-0.05, 0) is 20.6 Å². The first kappa shape index (κ1) is 7.01. The molecule has 0 aromatic heterocycles. The molecule has 0 fully saturated rings. The van der Waals surface area contributed by atoms with Crippen LogP contribution in [0.15, 0.2) is 15.2 Å². The monoisotopic (exact) mass is 111 g/mol. The minimum atomic E-state index is 0.907. The Morgan fingerprint density at radius 3 is 2.50 bits per heavy atom. The Labute approximate surface area is 48.9 Å². The van der Waals surface area contributed by atoms with Gasteiger partial charge in [-0.1, -0.05) is 0 Å². The fraction of sp³-hybridized carbons (Fsp3) is 0.400. The number of hydrogen-bond acceptors (Lipinski definition) is 2. The molecule has 0 aliphatic carbocycles. The summed E-state index contributed by atoms with van der Waals surface area (Å²) in [5.74, 6) is 0. The molecule has 0 spiro atoms. The molecule has 0 aliphatic rings. The molecule has 0 aromatic rings. The lowest BCUT2D eigenvalue weighted by molar-refractivity contribution is 1.23. The van der Waals surface area contributed by atoms with Crippen LogP contribution in [0.2, 0.25) is 0 Å². The number of nitrogens with zero attached hydrogens (tertiary/aromatic N) is 3. The summed E-state index contributed by atoms with van der Waals surface area (Å²) in [6.45, 7) is 6.91. The number of hydrogen-bond donors (Lipinski definition) is 0. The van der Waals surface area contributed by atoms with Gasteiger partial charge in [-0.3, -0.25) is 4.99 Å². The van der Waals surface area contributed by atoms with Crippen LogP contribution < -0.4 is 0 Å². The maximum atomic E-state index is 3.67. The van der Waals surface area contributed by atoms with Gasteiger partial charge in [0.15, 0.2) is 0 Å². The van der Waals surface area contributed by atoms with Crippen LogP contribution in [0.3, 0.4) is 0 Å². The zero-order chi connectivity index (χ0) is 6.41. The third-order valence-corrected chi connectivity index (χ3v) is 0.391. The van der Waals surface area contributed by atoms with Crippen LogP contribution in [-0.2, 0) is 0 Å². The summed E-state index contributed by atoms with van der Waals surface area (Å²) in [7, 11) is 0. The fourth-order valence-electron chi connectivity index (χ4n) is 0.178. The van der Waals surface area contributed by atoms with Crippen LogP contribution >= 0.6 is 0 Å². The second-order valence-corrected chi connectivity index (χ2v) is 1.46. The average Bonchev–Trinajstić information content (AvgIpc) is 1.66. The van der Waals surface area contributed by atoms with Crippen LogP contribution in [0.4, 0.5) is 0 Å². The van der Waals surface area contributed by atoms with Gasteiger partial charge in [0.1, 0.15) is 6.34 Å². The molecular weight excluding hydrogens is 102 g/mol. The van der Waals surface area contributed by atoms with Crippen LogP contribution in [0.5, 0.6) is 0 Å². The van der Waals surface area contributed by atoms with Crippen LogP contribution in [0.1, 0.15) is 13.8 Å². The molecule has 8 heavy (non-hydrogen) atoms. The lowest BCUT2D eigenvalue weighted by Gasteiger charge is -1.77. The lowest BCUT2D eigenvalue weighted by atomic mass is 10.5. The molecule has 3 nitrogen and oxygen atoms in total. The van der Waals surface area contributed by atoms with E-state index in [9.17, 15) is 0 Å². The van der Waals surface area contributed by atoms with Crippen molar-refractivity contribution < 1.29 is 0 Å². The highest BCUT2D eigenvalue weighted by Gasteiger charge is 1.68. The van der Waals surface area contributed by atoms with Gasteiger partial charge in [0.2, 0.25) is 0 Å². The molecule has 0 heterocycles. The summed E-state index contributed by atoms with van der Waals surface area (Å²) in [4.78, 5) is 3.36. The molecule has 0 saturated heterocycles. The lowest BCUT2D eigenvalue weighted by Crippen LogP contribution is -1.75. The van der Waals surface area contributed by atoms with Gasteiger partial charge in [-0.25, -0.2) is 0 Å². The van der Waals surface area contributed by atoms with Gasteiger partial charge in [0.05, 0.1) is 0 Å². The van der Waals surface area contributed by atoms with E-state index in [0.29, 0.717) is 0 Å². The summed E-state index contributed by atoms with van der Waals surface area (Å²) in [6.07, 6.45) is 1.30. The van der Waals surface area contributed by atoms with Crippen molar-refractivity contribution in [3.63, 3.8) is 0 Å². The molecule has 0 rings (SSSR count). The van der Waals surface area contributed by atoms with E-state index < -0.39 is 0 Å². The highest BCUT2D eigenvalue weighted by molar-refractivity contribution is 5.79. The molecule has 0 N–H and O–H groups in total. The molecule has 0 saturated carbocycles. The Morgan fingerprint density at radius 1 is 1.50 bits per heavy atom. The van der Waals surface area contributed by atoms with E-state index in [4.69, 9.17) is 0 Å². The standard InChI is InChI=1S/C5H9N3/c1-5(2)8-7-4-6-3/h4H,3H2,1-2H3/b7-4-. The van der Waals surface area contributed by atoms with E-state index in [1.807, 2.05) is 13.8 Å². The predicted molar refractivity (Wildman–Crippen MR) is 36.8 cm³/mol. The minimum absolute atomic E-state index is 0.907. The average molecular weight is 111 g/mol. The molecule has 0 atom stereocenters. The highest BCUT2D eigenvalue weighted by atomic mass is 15.2. The first-order valence-corrected chi connectivity index (χ1v) is 2.26. The largest absolute Gasteiger partial charge is 0.251 e. The highest BCUT2D eigenvalue weighted by Crippen LogP contribution is 1.73. The van der Waals surface area contributed by atoms with Crippen molar-refractivity contribution in [1.82, 2.24) is 0 Å². The zero-order valence-electron chi connectivity index (χ0n) is 5.13. The molecule has 0 aliphatic heterocycles. The van der Waals surface area contributed by atoms with E-state index >= 15 is 0 Å². The molecule has 44 valence electrons. The summed E-state index contributed by atoms with van der Waals surface area (Å²) in [6, 6.07) is 0. The smallest absolute Gasteiger partial charge is 0.137 e. The van der Waals surface area contributed by atoms with Gasteiger partial charge < -0.3 is 0 Å². The fourth-order valence-corrected chi connectivity index (χ4v) is 0.178. The van der Waals surface area contributed by atoms with E-state index in [-0.39, 0.29) is 0 Å². The second kappa shape index (κ2) is 4.18. The normalized spacial score (nSPS) is 9.25. The summed E-state index contributed by atoms with van der Waals surface area (Å²) >= 11 is 0. The molecule has 3 heteroatoms. The van der Waals surface area contributed by atoms with Crippen molar-refractivity contribution >= 4 is 18.8 Å². The van der Waals surface area contributed by atoms with Gasteiger partial charge in [-0.15, -0.1) is 5.10 Å². The van der Waals surface area contributed by atoms with Crippen LogP contribution in [-0.4, -0.2) is 18.8 Å². The van der Waals surface area contributed by atoms with Crippen LogP contribution in [0, 0.1) is 0 Å². The third-order valence-electron chi connectivity index (χ3n) is 0.391. The second-order valence-electron chi connectivity index (χ2n) is 1.46. The maximum absolute atomic E-state index is 3.67. The van der Waals surface area contributed by atoms with E-state index in [0.717, 1.165) is 5.71 Å². The Balaban J connectivity index is 3.57. The van der Waals surface area contributed by atoms with E-state index in [1.54, 1.807) is 0 Å². The molecule has 0 aromatic carbocycles. The molecule has 0 radical (unpaired) electrons. The van der Waals surface area contributed by atoms with Crippen molar-refractivity contribution in [3.05, 3.63) is 0 Å². The van der Waals surface area contributed by atoms with Crippen molar-refractivity contribution in [1.29, 1.82) is 0 Å². The van der Waals surface area contributed by atoms with E-state index in [1.165, 1.54) is 6.34 Å². The van der Waals surface area contributed by atoms with Crippen molar-refractivity contribution in [2.24, 2.45) is 15.2 Å². The van der Waals surface area contributed by atoms with Gasteiger partial charge in [-0.2, -0.15) is 5.10 Å². The minimum Gasteiger partial charge on any atom is -0.251 e. The molecule has 0 amide bonds. The predicted octanol–water partition coefficient (Wildman–Crippen LogP) is 1.11. The Morgan fingerprint density at radius 2 is 2.12 bits per heavy atom. The molecule has 0 unspecified atom stereocenters. The SMILES string of the molecule is C=N/C=N\N=C(C)C. The molecule has 0 bridgehead atoms. The van der Waals surface area contributed by atoms with Crippen LogP contribution in [0.25, 0.3) is 0 Å². The number of aliphatic imine (C=N–C) groups is 1. The van der Waals surface area contributed by atoms with E-state index in [2.05, 4.69) is 21.9 Å². The topological polar surface area (TPSA) is 37.1 Å². The Kier molecular flexibility index (Phi) is 3.66. The Hall–Kier alpha value is -0.990. The summed E-state index contributed by atoms with van der Waals surface area (Å²) in [5.41, 5.74) is 0.907. The first-order valence-electron chi connectivity index (χ1n) is 2.26. The summed E-state index contributed by atoms with van der Waals surface area (Å²) in [5, 5.41) is 7.19.